The van der Waals surface area contributed by atoms with Crippen molar-refractivity contribution < 1.29 is 4.74 Å². The second-order valence-electron chi connectivity index (χ2n) is 6.73. The summed E-state index contributed by atoms with van der Waals surface area (Å²) in [4.78, 5) is 9.00. The van der Waals surface area contributed by atoms with E-state index in [4.69, 9.17) is 9.73 Å². The van der Waals surface area contributed by atoms with Gasteiger partial charge in [-0.1, -0.05) is 30.3 Å². The summed E-state index contributed by atoms with van der Waals surface area (Å²) < 4.78 is 5.76. The van der Waals surface area contributed by atoms with Crippen molar-refractivity contribution in [3.8, 4) is 5.88 Å². The third-order valence-corrected chi connectivity index (χ3v) is 4.38. The second kappa shape index (κ2) is 11.1. The molecule has 146 valence electrons. The highest BCUT2D eigenvalue weighted by molar-refractivity contribution is 14.0. The fraction of sp³-hybridized carbons (Fsp3) is 0.429. The van der Waals surface area contributed by atoms with E-state index in [1.54, 1.807) is 6.20 Å². The number of rotatable bonds is 8. The zero-order valence-electron chi connectivity index (χ0n) is 16.0. The van der Waals surface area contributed by atoms with Crippen LogP contribution in [0.15, 0.2) is 53.7 Å². The van der Waals surface area contributed by atoms with Crippen LogP contribution >= 0.6 is 24.0 Å². The van der Waals surface area contributed by atoms with E-state index in [1.807, 2.05) is 18.2 Å². The van der Waals surface area contributed by atoms with Gasteiger partial charge in [-0.3, -0.25) is 0 Å². The predicted octanol–water partition coefficient (Wildman–Crippen LogP) is 4.30. The molecule has 6 heteroatoms. The lowest BCUT2D eigenvalue weighted by atomic mass is 10.1. The van der Waals surface area contributed by atoms with Gasteiger partial charge in [0.1, 0.15) is 0 Å². The first kappa shape index (κ1) is 21.5. The Morgan fingerprint density at radius 2 is 2.04 bits per heavy atom. The van der Waals surface area contributed by atoms with Crippen molar-refractivity contribution in [2.75, 3.05) is 13.2 Å². The van der Waals surface area contributed by atoms with E-state index in [2.05, 4.69) is 53.7 Å². The quantitative estimate of drug-likeness (QED) is 0.336. The third-order valence-electron chi connectivity index (χ3n) is 4.38. The first-order valence-corrected chi connectivity index (χ1v) is 9.42. The number of guanidine groups is 1. The minimum atomic E-state index is 0. The topological polar surface area (TPSA) is 58.5 Å². The maximum atomic E-state index is 5.76. The lowest BCUT2D eigenvalue weighted by Gasteiger charge is -2.18. The molecule has 2 N–H and O–H groups in total. The Balaban J connectivity index is 0.00000261. The van der Waals surface area contributed by atoms with Gasteiger partial charge in [0.2, 0.25) is 5.88 Å². The molecule has 1 aliphatic rings. The summed E-state index contributed by atoms with van der Waals surface area (Å²) >= 11 is 0. The molecule has 1 aliphatic carbocycles. The summed E-state index contributed by atoms with van der Waals surface area (Å²) in [7, 11) is 0. The Morgan fingerprint density at radius 3 is 2.74 bits per heavy atom. The number of nitrogens with zero attached hydrogens (tertiary/aromatic N) is 2. The molecule has 1 fully saturated rings. The molecular formula is C21H29IN4O. The summed E-state index contributed by atoms with van der Waals surface area (Å²) in [6, 6.07) is 14.5. The lowest BCUT2D eigenvalue weighted by Crippen LogP contribution is -2.38. The fourth-order valence-corrected chi connectivity index (χ4v) is 2.64. The molecule has 2 aromatic rings. The average Bonchev–Trinajstić information content (AvgIpc) is 3.50. The van der Waals surface area contributed by atoms with Gasteiger partial charge < -0.3 is 15.4 Å². The molecule has 1 aromatic carbocycles. The molecule has 0 radical (unpaired) electrons. The molecule has 5 nitrogen and oxygen atoms in total. The van der Waals surface area contributed by atoms with Crippen LogP contribution in [-0.2, 0) is 6.54 Å². The molecule has 0 aliphatic heterocycles. The molecule has 3 rings (SSSR count). The Kier molecular flexibility index (Phi) is 8.84. The second-order valence-corrected chi connectivity index (χ2v) is 6.73. The summed E-state index contributed by atoms with van der Waals surface area (Å²) in [6.45, 7) is 6.39. The van der Waals surface area contributed by atoms with Crippen LogP contribution in [0.5, 0.6) is 5.88 Å². The zero-order valence-corrected chi connectivity index (χ0v) is 18.4. The number of halogens is 1. The van der Waals surface area contributed by atoms with Gasteiger partial charge in [0, 0.05) is 18.8 Å². The number of pyridine rings is 1. The van der Waals surface area contributed by atoms with Crippen molar-refractivity contribution in [1.29, 1.82) is 0 Å². The average molecular weight is 480 g/mol. The molecule has 0 saturated heterocycles. The number of hydrogen-bond donors (Lipinski definition) is 2. The Morgan fingerprint density at radius 1 is 1.26 bits per heavy atom. The van der Waals surface area contributed by atoms with Crippen molar-refractivity contribution in [3.63, 3.8) is 0 Å². The van der Waals surface area contributed by atoms with Crippen LogP contribution in [0.4, 0.5) is 0 Å². The van der Waals surface area contributed by atoms with Gasteiger partial charge in [-0.2, -0.15) is 0 Å². The molecule has 0 amide bonds. The standard InChI is InChI=1S/C21H28N4O.HI/c1-3-22-21(25-16(2)19-7-5-4-6-8-19)24-14-18-11-12-23-20(13-18)26-15-17-9-10-17;/h4-8,11-13,16-17H,3,9-10,14-15H2,1-2H3,(H2,22,24,25);1H. The largest absolute Gasteiger partial charge is 0.477 e. The van der Waals surface area contributed by atoms with Crippen LogP contribution in [0.25, 0.3) is 0 Å². The van der Waals surface area contributed by atoms with Crippen LogP contribution in [-0.4, -0.2) is 24.1 Å². The van der Waals surface area contributed by atoms with Gasteiger partial charge in [0.15, 0.2) is 5.96 Å². The van der Waals surface area contributed by atoms with Crippen LogP contribution in [0.3, 0.4) is 0 Å². The third kappa shape index (κ3) is 7.36. The minimum absolute atomic E-state index is 0. The van der Waals surface area contributed by atoms with Gasteiger partial charge in [0.05, 0.1) is 19.2 Å². The molecular weight excluding hydrogens is 451 g/mol. The highest BCUT2D eigenvalue weighted by atomic mass is 127. The molecule has 1 atom stereocenters. The Labute approximate surface area is 179 Å². The van der Waals surface area contributed by atoms with Crippen LogP contribution in [0.2, 0.25) is 0 Å². The summed E-state index contributed by atoms with van der Waals surface area (Å²) in [5, 5.41) is 6.77. The molecule has 1 heterocycles. The van der Waals surface area contributed by atoms with Gasteiger partial charge in [-0.15, -0.1) is 24.0 Å². The molecule has 0 bridgehead atoms. The van der Waals surface area contributed by atoms with Crippen LogP contribution in [0, 0.1) is 5.92 Å². The monoisotopic (exact) mass is 480 g/mol. The van der Waals surface area contributed by atoms with E-state index in [1.165, 1.54) is 18.4 Å². The highest BCUT2D eigenvalue weighted by Gasteiger charge is 2.22. The number of benzene rings is 1. The number of nitrogens with one attached hydrogen (secondary N) is 2. The summed E-state index contributed by atoms with van der Waals surface area (Å²) in [6.07, 6.45) is 4.35. The summed E-state index contributed by atoms with van der Waals surface area (Å²) in [5.41, 5.74) is 2.33. The smallest absolute Gasteiger partial charge is 0.213 e. The molecule has 27 heavy (non-hydrogen) atoms. The Hall–Kier alpha value is -1.83. The summed E-state index contributed by atoms with van der Waals surface area (Å²) in [5.74, 6) is 2.23. The molecule has 1 aromatic heterocycles. The van der Waals surface area contributed by atoms with Gasteiger partial charge >= 0.3 is 0 Å². The molecule has 1 saturated carbocycles. The van der Waals surface area contributed by atoms with Crippen LogP contribution in [0.1, 0.15) is 43.9 Å². The Bertz CT molecular complexity index is 719. The minimum Gasteiger partial charge on any atom is -0.477 e. The predicted molar refractivity (Wildman–Crippen MR) is 121 cm³/mol. The molecule has 0 spiro atoms. The molecule has 1 unspecified atom stereocenters. The van der Waals surface area contributed by atoms with Crippen molar-refractivity contribution in [2.24, 2.45) is 10.9 Å². The van der Waals surface area contributed by atoms with Gasteiger partial charge in [-0.05, 0) is 49.8 Å². The zero-order chi connectivity index (χ0) is 18.2. The number of ether oxygens (including phenoxy) is 1. The van der Waals surface area contributed by atoms with Crippen LogP contribution < -0.4 is 15.4 Å². The van der Waals surface area contributed by atoms with Gasteiger partial charge in [0.25, 0.3) is 0 Å². The lowest BCUT2D eigenvalue weighted by molar-refractivity contribution is 0.288. The number of aliphatic imine (C=N–C) groups is 1. The van der Waals surface area contributed by atoms with Gasteiger partial charge in [-0.25, -0.2) is 9.98 Å². The first-order valence-electron chi connectivity index (χ1n) is 9.42. The van der Waals surface area contributed by atoms with E-state index in [0.717, 1.165) is 30.6 Å². The highest BCUT2D eigenvalue weighted by Crippen LogP contribution is 2.29. The maximum absolute atomic E-state index is 5.76. The number of hydrogen-bond acceptors (Lipinski definition) is 3. The first-order chi connectivity index (χ1) is 12.7. The van der Waals surface area contributed by atoms with E-state index < -0.39 is 0 Å². The van der Waals surface area contributed by atoms with Crippen molar-refractivity contribution >= 4 is 29.9 Å². The number of aromatic nitrogens is 1. The van der Waals surface area contributed by atoms with Crippen molar-refractivity contribution in [3.05, 3.63) is 59.8 Å². The van der Waals surface area contributed by atoms with E-state index in [9.17, 15) is 0 Å². The van der Waals surface area contributed by atoms with E-state index in [0.29, 0.717) is 12.4 Å². The maximum Gasteiger partial charge on any atom is 0.213 e. The van der Waals surface area contributed by atoms with Crippen molar-refractivity contribution in [1.82, 2.24) is 15.6 Å². The van der Waals surface area contributed by atoms with Crippen molar-refractivity contribution in [2.45, 2.75) is 39.3 Å². The normalized spacial score (nSPS) is 14.8. The fourth-order valence-electron chi connectivity index (χ4n) is 2.64. The van der Waals surface area contributed by atoms with E-state index in [-0.39, 0.29) is 30.0 Å². The van der Waals surface area contributed by atoms with E-state index >= 15 is 0 Å². The SMILES string of the molecule is CCNC(=NCc1ccnc(OCC2CC2)c1)NC(C)c1ccccc1.I.